The number of cyclic esters (lactones) is 1. The summed E-state index contributed by atoms with van der Waals surface area (Å²) in [5, 5.41) is 0. The smallest absolute Gasteiger partial charge is 0.314 e. The van der Waals surface area contributed by atoms with E-state index in [-0.39, 0.29) is 17.3 Å². The van der Waals surface area contributed by atoms with E-state index in [0.29, 0.717) is 6.61 Å². The Labute approximate surface area is 119 Å². The molecule has 1 atom stereocenters. The van der Waals surface area contributed by atoms with E-state index in [2.05, 4.69) is 12.1 Å². The van der Waals surface area contributed by atoms with Gasteiger partial charge in [0.25, 0.3) is 0 Å². The highest BCUT2D eigenvalue weighted by Gasteiger charge is 2.54. The number of rotatable bonds is 1. The third kappa shape index (κ3) is 1.74. The molecule has 1 aromatic rings. The maximum atomic E-state index is 12.3. The van der Waals surface area contributed by atoms with E-state index in [1.165, 1.54) is 25.7 Å². The molecule has 1 aromatic carbocycles. The third-order valence-corrected chi connectivity index (χ3v) is 5.32. The summed E-state index contributed by atoms with van der Waals surface area (Å²) in [6.45, 7) is 0.610. The standard InChI is InChI=1S/C18H20O2/c19-17-16(13-6-2-1-3-7-13)18(12-20-17)10-14-8-4-5-9-15(14)11-18/h1-3,6-7,16H,4-5,8-12H2. The molecule has 0 aromatic heterocycles. The molecular weight excluding hydrogens is 248 g/mol. The molecule has 4 rings (SSSR count). The minimum absolute atomic E-state index is 0.0175. The Morgan fingerprint density at radius 1 is 1.00 bits per heavy atom. The van der Waals surface area contributed by atoms with Crippen molar-refractivity contribution >= 4 is 5.97 Å². The molecule has 20 heavy (non-hydrogen) atoms. The number of ether oxygens (including phenoxy) is 1. The molecule has 104 valence electrons. The maximum Gasteiger partial charge on any atom is 0.314 e. The largest absolute Gasteiger partial charge is 0.465 e. The summed E-state index contributed by atoms with van der Waals surface area (Å²) in [6, 6.07) is 10.2. The van der Waals surface area contributed by atoms with Gasteiger partial charge in [-0.25, -0.2) is 0 Å². The Bertz CT molecular complexity index is 552. The predicted octanol–water partition coefficient (Wildman–Crippen LogP) is 3.98. The number of benzene rings is 1. The first-order valence-corrected chi connectivity index (χ1v) is 7.70. The molecule has 1 saturated heterocycles. The number of hydrogen-bond acceptors (Lipinski definition) is 2. The van der Waals surface area contributed by atoms with Gasteiger partial charge < -0.3 is 4.74 Å². The van der Waals surface area contributed by atoms with Crippen LogP contribution in [0.2, 0.25) is 0 Å². The summed E-state index contributed by atoms with van der Waals surface area (Å²) >= 11 is 0. The van der Waals surface area contributed by atoms with Gasteiger partial charge in [-0.1, -0.05) is 41.5 Å². The molecule has 1 unspecified atom stereocenters. The molecule has 1 spiro atoms. The average Bonchev–Trinajstić information content (AvgIpc) is 3.00. The fourth-order valence-corrected chi connectivity index (χ4v) is 4.44. The van der Waals surface area contributed by atoms with Crippen LogP contribution >= 0.6 is 0 Å². The number of carbonyl (C=O) groups is 1. The van der Waals surface area contributed by atoms with Crippen LogP contribution < -0.4 is 0 Å². The molecule has 2 heteroatoms. The first kappa shape index (κ1) is 12.2. The lowest BCUT2D eigenvalue weighted by Gasteiger charge is -2.27. The molecular formula is C18H20O2. The molecule has 2 aliphatic carbocycles. The lowest BCUT2D eigenvalue weighted by molar-refractivity contribution is -0.139. The molecule has 1 aliphatic heterocycles. The van der Waals surface area contributed by atoms with Crippen molar-refractivity contribution in [3.63, 3.8) is 0 Å². The van der Waals surface area contributed by atoms with Crippen molar-refractivity contribution < 1.29 is 9.53 Å². The van der Waals surface area contributed by atoms with E-state index in [1.54, 1.807) is 11.1 Å². The molecule has 3 aliphatic rings. The molecule has 0 N–H and O–H groups in total. The Morgan fingerprint density at radius 2 is 1.65 bits per heavy atom. The van der Waals surface area contributed by atoms with Gasteiger partial charge in [0, 0.05) is 5.41 Å². The predicted molar refractivity (Wildman–Crippen MR) is 77.3 cm³/mol. The van der Waals surface area contributed by atoms with Gasteiger partial charge in [-0.2, -0.15) is 0 Å². The summed E-state index contributed by atoms with van der Waals surface area (Å²) in [7, 11) is 0. The lowest BCUT2D eigenvalue weighted by atomic mass is 9.71. The quantitative estimate of drug-likeness (QED) is 0.569. The SMILES string of the molecule is O=C1OCC2(CC3=C(CCCC3)C2)C1c1ccccc1. The molecule has 0 saturated carbocycles. The zero-order valence-electron chi connectivity index (χ0n) is 11.7. The van der Waals surface area contributed by atoms with E-state index in [0.717, 1.165) is 18.4 Å². The second kappa shape index (κ2) is 4.47. The Balaban J connectivity index is 1.70. The normalized spacial score (nSPS) is 27.8. The zero-order chi connectivity index (χ0) is 13.6. The monoisotopic (exact) mass is 268 g/mol. The van der Waals surface area contributed by atoms with Gasteiger partial charge in [0.2, 0.25) is 0 Å². The van der Waals surface area contributed by atoms with Crippen LogP contribution in [0, 0.1) is 5.41 Å². The van der Waals surface area contributed by atoms with Crippen molar-refractivity contribution in [2.24, 2.45) is 5.41 Å². The minimum atomic E-state index is -0.0608. The molecule has 1 fully saturated rings. The van der Waals surface area contributed by atoms with Gasteiger partial charge in [-0.3, -0.25) is 4.79 Å². The number of esters is 1. The lowest BCUT2D eigenvalue weighted by Crippen LogP contribution is -2.27. The van der Waals surface area contributed by atoms with Gasteiger partial charge in [-0.15, -0.1) is 0 Å². The summed E-state index contributed by atoms with van der Waals surface area (Å²) in [6.07, 6.45) is 7.28. The minimum Gasteiger partial charge on any atom is -0.465 e. The van der Waals surface area contributed by atoms with Crippen LogP contribution in [0.1, 0.15) is 50.0 Å². The Hall–Kier alpha value is -1.57. The van der Waals surface area contributed by atoms with Gasteiger partial charge in [0.05, 0.1) is 12.5 Å². The van der Waals surface area contributed by atoms with Crippen molar-refractivity contribution in [3.8, 4) is 0 Å². The summed E-state index contributed by atoms with van der Waals surface area (Å²) < 4.78 is 5.50. The van der Waals surface area contributed by atoms with Crippen molar-refractivity contribution in [3.05, 3.63) is 47.0 Å². The van der Waals surface area contributed by atoms with E-state index in [4.69, 9.17) is 4.74 Å². The first-order chi connectivity index (χ1) is 9.78. The maximum absolute atomic E-state index is 12.3. The van der Waals surface area contributed by atoms with E-state index in [9.17, 15) is 4.79 Å². The van der Waals surface area contributed by atoms with Crippen molar-refractivity contribution in [1.82, 2.24) is 0 Å². The van der Waals surface area contributed by atoms with Crippen LogP contribution in [0.5, 0.6) is 0 Å². The van der Waals surface area contributed by atoms with E-state index < -0.39 is 0 Å². The molecule has 0 amide bonds. The zero-order valence-corrected chi connectivity index (χ0v) is 11.7. The highest BCUT2D eigenvalue weighted by atomic mass is 16.5. The van der Waals surface area contributed by atoms with Crippen LogP contribution in [0.25, 0.3) is 0 Å². The van der Waals surface area contributed by atoms with E-state index >= 15 is 0 Å². The Morgan fingerprint density at radius 3 is 2.30 bits per heavy atom. The average molecular weight is 268 g/mol. The van der Waals surface area contributed by atoms with Crippen LogP contribution in [0.4, 0.5) is 0 Å². The van der Waals surface area contributed by atoms with Crippen LogP contribution in [0.3, 0.4) is 0 Å². The van der Waals surface area contributed by atoms with Crippen molar-refractivity contribution in [2.45, 2.75) is 44.4 Å². The molecule has 1 heterocycles. The highest BCUT2D eigenvalue weighted by molar-refractivity contribution is 5.82. The molecule has 0 radical (unpaired) electrons. The molecule has 0 bridgehead atoms. The Kier molecular flexibility index (Phi) is 2.73. The van der Waals surface area contributed by atoms with Crippen LogP contribution in [-0.2, 0) is 9.53 Å². The summed E-state index contributed by atoms with van der Waals surface area (Å²) in [5.74, 6) is -0.0784. The highest BCUT2D eigenvalue weighted by Crippen LogP contribution is 2.57. The van der Waals surface area contributed by atoms with Gasteiger partial charge >= 0.3 is 5.97 Å². The number of carbonyl (C=O) groups excluding carboxylic acids is 1. The second-order valence-corrected chi connectivity index (χ2v) is 6.58. The number of hydrogen-bond donors (Lipinski definition) is 0. The fraction of sp³-hybridized carbons (Fsp3) is 0.500. The first-order valence-electron chi connectivity index (χ1n) is 7.70. The number of allylic oxidation sites excluding steroid dienone is 2. The van der Waals surface area contributed by atoms with Gasteiger partial charge in [0.15, 0.2) is 0 Å². The summed E-state index contributed by atoms with van der Waals surface area (Å²) in [4.78, 5) is 12.3. The summed E-state index contributed by atoms with van der Waals surface area (Å²) in [5.41, 5.74) is 4.42. The third-order valence-electron chi connectivity index (χ3n) is 5.32. The van der Waals surface area contributed by atoms with Crippen LogP contribution in [0.15, 0.2) is 41.5 Å². The second-order valence-electron chi connectivity index (χ2n) is 6.58. The van der Waals surface area contributed by atoms with Crippen LogP contribution in [-0.4, -0.2) is 12.6 Å². The van der Waals surface area contributed by atoms with Crippen molar-refractivity contribution in [2.75, 3.05) is 6.61 Å². The fourth-order valence-electron chi connectivity index (χ4n) is 4.44. The van der Waals surface area contributed by atoms with Gasteiger partial charge in [0.1, 0.15) is 0 Å². The van der Waals surface area contributed by atoms with Gasteiger partial charge in [-0.05, 0) is 44.1 Å². The van der Waals surface area contributed by atoms with Crippen molar-refractivity contribution in [1.29, 1.82) is 0 Å². The van der Waals surface area contributed by atoms with E-state index in [1.807, 2.05) is 18.2 Å². The topological polar surface area (TPSA) is 26.3 Å². The molecule has 2 nitrogen and oxygen atoms in total.